The molecule has 5 heteroatoms. The smallest absolute Gasteiger partial charge is 0.135 e. The highest BCUT2D eigenvalue weighted by Gasteiger charge is 2.17. The van der Waals surface area contributed by atoms with Gasteiger partial charge in [-0.05, 0) is 18.7 Å². The van der Waals surface area contributed by atoms with Crippen LogP contribution in [0.1, 0.15) is 12.5 Å². The molecule has 1 heterocycles. The zero-order chi connectivity index (χ0) is 13.1. The third-order valence-corrected chi connectivity index (χ3v) is 2.67. The third-order valence-electron chi connectivity index (χ3n) is 2.67. The molecular weight excluding hydrogens is 236 g/mol. The van der Waals surface area contributed by atoms with Gasteiger partial charge in [0.05, 0.1) is 5.56 Å². The van der Waals surface area contributed by atoms with Gasteiger partial charge in [0.15, 0.2) is 0 Å². The average Bonchev–Trinajstić information content (AvgIpc) is 2.67. The lowest BCUT2D eigenvalue weighted by Crippen LogP contribution is -2.12. The number of aryl methyl sites for hydroxylation is 1. The van der Waals surface area contributed by atoms with Crippen molar-refractivity contribution in [3.8, 4) is 11.3 Å². The second kappa shape index (κ2) is 5.27. The summed E-state index contributed by atoms with van der Waals surface area (Å²) >= 11 is 0. The number of hydrogen-bond acceptors (Lipinski definition) is 2. The number of hydrogen-bond donors (Lipinski definition) is 1. The monoisotopic (exact) mass is 251 g/mol. The molecule has 0 unspecified atom stereocenters. The van der Waals surface area contributed by atoms with E-state index in [4.69, 9.17) is 0 Å². The van der Waals surface area contributed by atoms with Crippen LogP contribution >= 0.6 is 0 Å². The normalized spacial score (nSPS) is 10.9. The number of nitrogens with one attached hydrogen (secondary N) is 1. The van der Waals surface area contributed by atoms with Crippen molar-refractivity contribution in [3.05, 3.63) is 41.6 Å². The van der Waals surface area contributed by atoms with Crippen LogP contribution in [-0.2, 0) is 13.6 Å². The van der Waals surface area contributed by atoms with Gasteiger partial charge in [0.2, 0.25) is 0 Å². The highest BCUT2D eigenvalue weighted by molar-refractivity contribution is 5.64. The molecule has 0 radical (unpaired) electrons. The molecule has 3 nitrogen and oxygen atoms in total. The van der Waals surface area contributed by atoms with E-state index in [2.05, 4.69) is 10.4 Å². The summed E-state index contributed by atoms with van der Waals surface area (Å²) in [7, 11) is 1.73. The average molecular weight is 251 g/mol. The second-order valence-electron chi connectivity index (χ2n) is 4.05. The number of rotatable bonds is 4. The summed E-state index contributed by atoms with van der Waals surface area (Å²) in [5.41, 5.74) is 1.07. The van der Waals surface area contributed by atoms with Gasteiger partial charge >= 0.3 is 0 Å². The first-order chi connectivity index (χ1) is 8.63. The Morgan fingerprint density at radius 2 is 1.94 bits per heavy atom. The van der Waals surface area contributed by atoms with Crippen molar-refractivity contribution in [2.24, 2.45) is 7.05 Å². The summed E-state index contributed by atoms with van der Waals surface area (Å²) < 4.78 is 29.0. The van der Waals surface area contributed by atoms with E-state index in [1.165, 1.54) is 18.2 Å². The van der Waals surface area contributed by atoms with E-state index in [-0.39, 0.29) is 5.56 Å². The Balaban J connectivity index is 2.49. The minimum Gasteiger partial charge on any atom is -0.313 e. The fourth-order valence-corrected chi connectivity index (χ4v) is 1.86. The van der Waals surface area contributed by atoms with Gasteiger partial charge < -0.3 is 5.32 Å². The molecular formula is C13H15F2N3. The number of aromatic nitrogens is 2. The van der Waals surface area contributed by atoms with Gasteiger partial charge in [0.25, 0.3) is 0 Å². The lowest BCUT2D eigenvalue weighted by atomic mass is 10.1. The van der Waals surface area contributed by atoms with Gasteiger partial charge in [-0.15, -0.1) is 0 Å². The van der Waals surface area contributed by atoms with Crippen LogP contribution in [0.25, 0.3) is 11.3 Å². The quantitative estimate of drug-likeness (QED) is 0.904. The second-order valence-corrected chi connectivity index (χ2v) is 4.05. The van der Waals surface area contributed by atoms with Crippen molar-refractivity contribution < 1.29 is 8.78 Å². The predicted molar refractivity (Wildman–Crippen MR) is 65.9 cm³/mol. The molecule has 0 aliphatic heterocycles. The summed E-state index contributed by atoms with van der Waals surface area (Å²) in [6, 6.07) is 3.83. The Hall–Kier alpha value is -1.75. The van der Waals surface area contributed by atoms with E-state index in [1.807, 2.05) is 6.92 Å². The number of halogens is 2. The van der Waals surface area contributed by atoms with Crippen LogP contribution in [0.4, 0.5) is 8.78 Å². The molecule has 1 aromatic carbocycles. The minimum atomic E-state index is -0.591. The standard InChI is InChI=1S/C13H15F2N3/c1-3-16-7-9-8-18(2)17-13(9)12-10(14)5-4-6-11(12)15/h4-6,8,16H,3,7H2,1-2H3. The van der Waals surface area contributed by atoms with Crippen molar-refractivity contribution in [3.63, 3.8) is 0 Å². The van der Waals surface area contributed by atoms with Crippen LogP contribution in [0.2, 0.25) is 0 Å². The summed E-state index contributed by atoms with van der Waals surface area (Å²) in [4.78, 5) is 0. The van der Waals surface area contributed by atoms with Crippen molar-refractivity contribution in [2.45, 2.75) is 13.5 Å². The first-order valence-corrected chi connectivity index (χ1v) is 5.81. The van der Waals surface area contributed by atoms with Gasteiger partial charge in [-0.2, -0.15) is 5.10 Å². The third kappa shape index (κ3) is 2.41. The molecule has 2 rings (SSSR count). The summed E-state index contributed by atoms with van der Waals surface area (Å²) in [6.45, 7) is 3.29. The highest BCUT2D eigenvalue weighted by Crippen LogP contribution is 2.27. The van der Waals surface area contributed by atoms with E-state index >= 15 is 0 Å². The first kappa shape index (κ1) is 12.7. The first-order valence-electron chi connectivity index (χ1n) is 5.81. The van der Waals surface area contributed by atoms with Crippen LogP contribution < -0.4 is 5.32 Å². The zero-order valence-corrected chi connectivity index (χ0v) is 10.4. The molecule has 18 heavy (non-hydrogen) atoms. The fourth-order valence-electron chi connectivity index (χ4n) is 1.86. The molecule has 0 amide bonds. The van der Waals surface area contributed by atoms with E-state index in [9.17, 15) is 8.78 Å². The fraction of sp³-hybridized carbons (Fsp3) is 0.308. The van der Waals surface area contributed by atoms with Crippen molar-refractivity contribution in [2.75, 3.05) is 6.54 Å². The Morgan fingerprint density at radius 3 is 2.56 bits per heavy atom. The maximum Gasteiger partial charge on any atom is 0.135 e. The zero-order valence-electron chi connectivity index (χ0n) is 10.4. The van der Waals surface area contributed by atoms with Gasteiger partial charge in [-0.3, -0.25) is 4.68 Å². The molecule has 0 spiro atoms. The number of nitrogens with zero attached hydrogens (tertiary/aromatic N) is 2. The van der Waals surface area contributed by atoms with E-state index in [0.717, 1.165) is 12.1 Å². The van der Waals surface area contributed by atoms with E-state index in [0.29, 0.717) is 12.2 Å². The molecule has 0 fully saturated rings. The molecule has 96 valence electrons. The lowest BCUT2D eigenvalue weighted by molar-refractivity contribution is 0.587. The van der Waals surface area contributed by atoms with Crippen LogP contribution in [-0.4, -0.2) is 16.3 Å². The molecule has 0 aliphatic rings. The van der Waals surface area contributed by atoms with E-state index in [1.54, 1.807) is 17.9 Å². The highest BCUT2D eigenvalue weighted by atomic mass is 19.1. The molecule has 0 saturated carbocycles. The summed E-state index contributed by atoms with van der Waals surface area (Å²) in [5, 5.41) is 7.28. The Kier molecular flexibility index (Phi) is 3.72. The SMILES string of the molecule is CCNCc1cn(C)nc1-c1c(F)cccc1F. The van der Waals surface area contributed by atoms with Crippen LogP contribution in [0.3, 0.4) is 0 Å². The largest absolute Gasteiger partial charge is 0.313 e. The summed E-state index contributed by atoms with van der Waals surface area (Å²) in [5.74, 6) is -1.18. The van der Waals surface area contributed by atoms with Gasteiger partial charge in [0, 0.05) is 25.4 Å². The molecule has 0 atom stereocenters. The molecule has 1 aromatic heterocycles. The van der Waals surface area contributed by atoms with Crippen LogP contribution in [0.5, 0.6) is 0 Å². The minimum absolute atomic E-state index is 0.0639. The topological polar surface area (TPSA) is 29.9 Å². The Bertz CT molecular complexity index is 529. The maximum atomic E-state index is 13.7. The number of benzene rings is 1. The molecule has 0 bridgehead atoms. The Morgan fingerprint density at radius 1 is 1.28 bits per heavy atom. The van der Waals surface area contributed by atoms with Crippen molar-refractivity contribution in [1.29, 1.82) is 0 Å². The molecule has 0 aliphatic carbocycles. The van der Waals surface area contributed by atoms with Crippen LogP contribution in [0.15, 0.2) is 24.4 Å². The lowest BCUT2D eigenvalue weighted by Gasteiger charge is -2.05. The van der Waals surface area contributed by atoms with Gasteiger partial charge in [-0.1, -0.05) is 13.0 Å². The van der Waals surface area contributed by atoms with Gasteiger partial charge in [0.1, 0.15) is 17.3 Å². The maximum absolute atomic E-state index is 13.7. The molecule has 1 N–H and O–H groups in total. The van der Waals surface area contributed by atoms with Crippen molar-refractivity contribution >= 4 is 0 Å². The van der Waals surface area contributed by atoms with E-state index < -0.39 is 11.6 Å². The molecule has 0 saturated heterocycles. The Labute approximate surface area is 104 Å². The van der Waals surface area contributed by atoms with Gasteiger partial charge in [-0.25, -0.2) is 8.78 Å². The predicted octanol–water partition coefficient (Wildman–Crippen LogP) is 2.47. The van der Waals surface area contributed by atoms with Crippen molar-refractivity contribution in [1.82, 2.24) is 15.1 Å². The summed E-state index contributed by atoms with van der Waals surface area (Å²) in [6.07, 6.45) is 1.77. The van der Waals surface area contributed by atoms with Crippen LogP contribution in [0, 0.1) is 11.6 Å². The molecule has 2 aromatic rings.